The summed E-state index contributed by atoms with van der Waals surface area (Å²) < 4.78 is 11.3. The van der Waals surface area contributed by atoms with Gasteiger partial charge < -0.3 is 8.23 Å². The zero-order valence-electron chi connectivity index (χ0n) is 7.82. The van der Waals surface area contributed by atoms with Crippen LogP contribution in [0.3, 0.4) is 0 Å². The van der Waals surface area contributed by atoms with Crippen molar-refractivity contribution in [2.45, 2.75) is 32.7 Å². The molecule has 0 unspecified atom stereocenters. The van der Waals surface area contributed by atoms with Gasteiger partial charge in [-0.15, -0.1) is 0 Å². The van der Waals surface area contributed by atoms with Gasteiger partial charge in [-0.2, -0.15) is 0 Å². The van der Waals surface area contributed by atoms with Gasteiger partial charge in [-0.3, -0.25) is 0 Å². The summed E-state index contributed by atoms with van der Waals surface area (Å²) in [6.07, 6.45) is 0. The average Bonchev–Trinajstić information content (AvgIpc) is 1.60. The van der Waals surface area contributed by atoms with Crippen molar-refractivity contribution in [1.29, 1.82) is 0 Å². The van der Waals surface area contributed by atoms with Crippen molar-refractivity contribution in [2.75, 3.05) is 0 Å². The van der Waals surface area contributed by atoms with Gasteiger partial charge in [-0.05, 0) is 32.7 Å². The van der Waals surface area contributed by atoms with Gasteiger partial charge in [0.15, 0.2) is 8.32 Å². The summed E-state index contributed by atoms with van der Waals surface area (Å²) >= 11 is 0. The molecule has 0 saturated carbocycles. The van der Waals surface area contributed by atoms with Crippen LogP contribution < -0.4 is 0 Å². The minimum Gasteiger partial charge on any atom is -0.445 e. The normalized spacial score (nSPS) is 14.1. The van der Waals surface area contributed by atoms with Crippen molar-refractivity contribution >= 4 is 27.4 Å². The molecule has 0 atom stereocenters. The maximum atomic E-state index is 5.86. The first-order valence-corrected chi connectivity index (χ1v) is 10.6. The van der Waals surface area contributed by atoms with E-state index in [1.807, 2.05) is 0 Å². The second-order valence-corrected chi connectivity index (χ2v) is 13.3. The second-order valence-electron chi connectivity index (χ2n) is 3.82. The zero-order chi connectivity index (χ0) is 8.41. The van der Waals surface area contributed by atoms with E-state index in [0.29, 0.717) is 0 Å². The highest BCUT2D eigenvalue weighted by Gasteiger charge is 2.29. The van der Waals surface area contributed by atoms with Crippen LogP contribution in [0.25, 0.3) is 0 Å². The fourth-order valence-electron chi connectivity index (χ4n) is 0.779. The first-order chi connectivity index (χ1) is 4.27. The van der Waals surface area contributed by atoms with Gasteiger partial charge in [0.05, 0.1) is 0 Å². The van der Waals surface area contributed by atoms with Crippen molar-refractivity contribution in [3.8, 4) is 0 Å². The lowest BCUT2D eigenvalue weighted by Crippen LogP contribution is -2.44. The second kappa shape index (κ2) is 3.31. The number of hydrogen-bond acceptors (Lipinski definition) is 2. The van der Waals surface area contributed by atoms with Crippen molar-refractivity contribution in [3.63, 3.8) is 0 Å². The Bertz CT molecular complexity index is 108. The Hall–Kier alpha value is 0.571. The summed E-state index contributed by atoms with van der Waals surface area (Å²) in [4.78, 5) is 0. The predicted molar refractivity (Wildman–Crippen MR) is 52.9 cm³/mol. The lowest BCUT2D eigenvalue weighted by atomic mass is 11.8. The van der Waals surface area contributed by atoms with Gasteiger partial charge in [-0.1, -0.05) is 0 Å². The molecule has 0 saturated heterocycles. The Morgan fingerprint density at radius 2 is 1.40 bits per heavy atom. The molecule has 5 heteroatoms. The summed E-state index contributed by atoms with van der Waals surface area (Å²) in [6.45, 7) is 10.8. The molecular formula is C5H18O2Si3. The molecule has 0 aromatic carbocycles. The third-order valence-electron chi connectivity index (χ3n) is 1.04. The average molecular weight is 194 g/mol. The summed E-state index contributed by atoms with van der Waals surface area (Å²) in [5, 5.41) is 0. The van der Waals surface area contributed by atoms with Gasteiger partial charge in [0.2, 0.25) is 0 Å². The largest absolute Gasteiger partial charge is 0.445 e. The molecule has 0 radical (unpaired) electrons. The van der Waals surface area contributed by atoms with Crippen molar-refractivity contribution in [2.24, 2.45) is 0 Å². The van der Waals surface area contributed by atoms with E-state index in [4.69, 9.17) is 8.23 Å². The van der Waals surface area contributed by atoms with Gasteiger partial charge in [0.25, 0.3) is 0 Å². The predicted octanol–water partition coefficient (Wildman–Crippen LogP) is 0.837. The quantitative estimate of drug-likeness (QED) is 0.620. The van der Waals surface area contributed by atoms with Crippen molar-refractivity contribution in [1.82, 2.24) is 0 Å². The summed E-state index contributed by atoms with van der Waals surface area (Å²) in [7, 11) is -2.24. The Morgan fingerprint density at radius 1 is 1.00 bits per heavy atom. The third kappa shape index (κ3) is 5.36. The van der Waals surface area contributed by atoms with E-state index in [1.165, 1.54) is 0 Å². The van der Waals surface area contributed by atoms with E-state index in [1.54, 1.807) is 0 Å². The molecule has 62 valence electrons. The van der Waals surface area contributed by atoms with Crippen molar-refractivity contribution in [3.05, 3.63) is 0 Å². The topological polar surface area (TPSA) is 18.5 Å². The lowest BCUT2D eigenvalue weighted by molar-refractivity contribution is 0.418. The van der Waals surface area contributed by atoms with E-state index in [2.05, 4.69) is 32.7 Å². The molecule has 0 aromatic rings. The minimum atomic E-state index is -1.69. The zero-order valence-corrected chi connectivity index (χ0v) is 11.8. The Kier molecular flexibility index (Phi) is 3.50. The van der Waals surface area contributed by atoms with Crippen LogP contribution in [0.15, 0.2) is 0 Å². The fraction of sp³-hybridized carbons (Fsp3) is 1.00. The molecular weight excluding hydrogens is 176 g/mol. The van der Waals surface area contributed by atoms with Crippen LogP contribution in [-0.4, -0.2) is 27.4 Å². The number of rotatable bonds is 3. The molecule has 0 bridgehead atoms. The smallest absolute Gasteiger partial charge is 0.310 e. The molecule has 10 heavy (non-hydrogen) atoms. The van der Waals surface area contributed by atoms with Gasteiger partial charge in [0, 0.05) is 0 Å². The van der Waals surface area contributed by atoms with Crippen LogP contribution in [-0.2, 0) is 8.23 Å². The molecule has 0 heterocycles. The first-order valence-electron chi connectivity index (χ1n) is 3.52. The van der Waals surface area contributed by atoms with Crippen LogP contribution >= 0.6 is 0 Å². The molecule has 0 amide bonds. The van der Waals surface area contributed by atoms with E-state index in [0.717, 1.165) is 10.5 Å². The minimum absolute atomic E-state index is 0.800. The molecule has 0 fully saturated rings. The third-order valence-corrected chi connectivity index (χ3v) is 9.39. The molecule has 2 nitrogen and oxygen atoms in total. The Morgan fingerprint density at radius 3 is 1.50 bits per heavy atom. The summed E-state index contributed by atoms with van der Waals surface area (Å²) in [5.41, 5.74) is 0. The summed E-state index contributed by atoms with van der Waals surface area (Å²) in [5.74, 6) is 0. The van der Waals surface area contributed by atoms with E-state index in [-0.39, 0.29) is 0 Å². The molecule has 0 aliphatic carbocycles. The van der Waals surface area contributed by atoms with Crippen LogP contribution in [0, 0.1) is 0 Å². The fourth-order valence-corrected chi connectivity index (χ4v) is 7.76. The van der Waals surface area contributed by atoms with Crippen LogP contribution in [0.4, 0.5) is 0 Å². The van der Waals surface area contributed by atoms with E-state index in [9.17, 15) is 0 Å². The number of hydrogen-bond donors (Lipinski definition) is 0. The molecule has 0 spiro atoms. The SMILES string of the molecule is C[Si](C)(C)O[Si](C)(C)O[SiH3]. The maximum Gasteiger partial charge on any atom is 0.310 e. The van der Waals surface area contributed by atoms with Crippen molar-refractivity contribution < 1.29 is 8.23 Å². The molecule has 0 aromatic heterocycles. The van der Waals surface area contributed by atoms with E-state index < -0.39 is 16.9 Å². The van der Waals surface area contributed by atoms with Gasteiger partial charge in [0.1, 0.15) is 10.5 Å². The maximum absolute atomic E-state index is 5.86. The molecule has 0 rings (SSSR count). The van der Waals surface area contributed by atoms with Crippen LogP contribution in [0.5, 0.6) is 0 Å². The summed E-state index contributed by atoms with van der Waals surface area (Å²) in [6, 6.07) is 0. The highest BCUT2D eigenvalue weighted by molar-refractivity contribution is 6.82. The van der Waals surface area contributed by atoms with Crippen LogP contribution in [0.2, 0.25) is 32.7 Å². The highest BCUT2D eigenvalue weighted by Crippen LogP contribution is 2.13. The highest BCUT2D eigenvalue weighted by atomic mass is 28.5. The molecule has 0 N–H and O–H groups in total. The monoisotopic (exact) mass is 194 g/mol. The lowest BCUT2D eigenvalue weighted by Gasteiger charge is -2.29. The standard InChI is InChI=1S/C5H18O2Si3/c1-9(2,3)7-10(4,5)6-8/h1-5,8H3. The van der Waals surface area contributed by atoms with Gasteiger partial charge in [-0.25, -0.2) is 0 Å². The molecule has 0 aliphatic rings. The van der Waals surface area contributed by atoms with Crippen LogP contribution in [0.1, 0.15) is 0 Å². The Balaban J connectivity index is 3.89. The molecule has 0 aliphatic heterocycles. The Labute approximate surface area is 68.9 Å². The van der Waals surface area contributed by atoms with Gasteiger partial charge >= 0.3 is 8.56 Å². The first kappa shape index (κ1) is 10.6. The van der Waals surface area contributed by atoms with E-state index >= 15 is 0 Å².